The van der Waals surface area contributed by atoms with Crippen molar-refractivity contribution in [1.82, 2.24) is 9.80 Å². The van der Waals surface area contributed by atoms with Crippen molar-refractivity contribution in [2.45, 2.75) is 25.8 Å². The van der Waals surface area contributed by atoms with Crippen LogP contribution in [0.2, 0.25) is 0 Å². The van der Waals surface area contributed by atoms with Crippen molar-refractivity contribution in [2.24, 2.45) is 11.3 Å². The standard InChI is InChI=1S/C24H29FN2O2/c25-22-8-6-19(7-9-22)14-23(29)27-12-10-24(11-13-27)18-26(16-21(24)17-28)15-20-4-2-1-3-5-20/h1-9,21,28H,10-18H2. The molecule has 2 aliphatic heterocycles. The predicted octanol–water partition coefficient (Wildman–Crippen LogP) is 3.10. The second-order valence-corrected chi connectivity index (χ2v) is 8.58. The van der Waals surface area contributed by atoms with Gasteiger partial charge in [0.2, 0.25) is 5.91 Å². The number of piperidine rings is 1. The van der Waals surface area contributed by atoms with E-state index in [1.165, 1.54) is 17.7 Å². The molecule has 4 nitrogen and oxygen atoms in total. The third-order valence-corrected chi connectivity index (χ3v) is 6.73. The maximum Gasteiger partial charge on any atom is 0.226 e. The number of aliphatic hydroxyl groups is 1. The Bertz CT molecular complexity index is 817. The van der Waals surface area contributed by atoms with Crippen molar-refractivity contribution in [3.8, 4) is 0 Å². The summed E-state index contributed by atoms with van der Waals surface area (Å²) in [6, 6.07) is 16.6. The fourth-order valence-electron chi connectivity index (χ4n) is 5.01. The first-order chi connectivity index (χ1) is 14.1. The van der Waals surface area contributed by atoms with Crippen LogP contribution in [0.4, 0.5) is 4.39 Å². The highest BCUT2D eigenvalue weighted by atomic mass is 19.1. The highest BCUT2D eigenvalue weighted by Gasteiger charge is 2.47. The lowest BCUT2D eigenvalue weighted by Gasteiger charge is -2.42. The summed E-state index contributed by atoms with van der Waals surface area (Å²) in [5, 5.41) is 10.0. The van der Waals surface area contributed by atoms with E-state index in [2.05, 4.69) is 29.2 Å². The molecule has 4 rings (SSSR count). The van der Waals surface area contributed by atoms with Crippen LogP contribution in [0.15, 0.2) is 54.6 Å². The van der Waals surface area contributed by atoms with Crippen LogP contribution >= 0.6 is 0 Å². The van der Waals surface area contributed by atoms with E-state index in [1.54, 1.807) is 12.1 Å². The lowest BCUT2D eigenvalue weighted by atomic mass is 9.71. The number of benzene rings is 2. The molecule has 1 N–H and O–H groups in total. The summed E-state index contributed by atoms with van der Waals surface area (Å²) in [5.41, 5.74) is 2.24. The zero-order chi connectivity index (χ0) is 20.3. The zero-order valence-electron chi connectivity index (χ0n) is 16.8. The molecule has 0 aromatic heterocycles. The first kappa shape index (κ1) is 20.0. The first-order valence-electron chi connectivity index (χ1n) is 10.5. The molecule has 1 unspecified atom stereocenters. The van der Waals surface area contributed by atoms with E-state index in [-0.39, 0.29) is 29.7 Å². The minimum absolute atomic E-state index is 0.0934. The van der Waals surface area contributed by atoms with E-state index in [4.69, 9.17) is 0 Å². The molecule has 2 aromatic rings. The fraction of sp³-hybridized carbons (Fsp3) is 0.458. The maximum absolute atomic E-state index is 13.1. The third-order valence-electron chi connectivity index (χ3n) is 6.73. The van der Waals surface area contributed by atoms with Crippen LogP contribution in [0.25, 0.3) is 0 Å². The maximum atomic E-state index is 13.1. The predicted molar refractivity (Wildman–Crippen MR) is 111 cm³/mol. The monoisotopic (exact) mass is 396 g/mol. The van der Waals surface area contributed by atoms with Gasteiger partial charge in [-0.2, -0.15) is 0 Å². The molecule has 0 bridgehead atoms. The average Bonchev–Trinajstić information content (AvgIpc) is 3.07. The van der Waals surface area contributed by atoms with Gasteiger partial charge in [0, 0.05) is 45.2 Å². The number of carbonyl (C=O) groups excluding carboxylic acids is 1. The zero-order valence-corrected chi connectivity index (χ0v) is 16.8. The van der Waals surface area contributed by atoms with Gasteiger partial charge >= 0.3 is 0 Å². The molecule has 2 fully saturated rings. The minimum atomic E-state index is -0.280. The molecule has 0 radical (unpaired) electrons. The van der Waals surface area contributed by atoms with Crippen molar-refractivity contribution >= 4 is 5.91 Å². The summed E-state index contributed by atoms with van der Waals surface area (Å²) in [7, 11) is 0. The summed E-state index contributed by atoms with van der Waals surface area (Å²) >= 11 is 0. The Morgan fingerprint density at radius 2 is 1.72 bits per heavy atom. The van der Waals surface area contributed by atoms with Gasteiger partial charge in [-0.1, -0.05) is 42.5 Å². The Hall–Kier alpha value is -2.24. The molecule has 1 amide bonds. The molecule has 5 heteroatoms. The summed E-state index contributed by atoms with van der Waals surface area (Å²) in [6.07, 6.45) is 2.17. The molecule has 2 aliphatic rings. The Morgan fingerprint density at radius 1 is 1.03 bits per heavy atom. The van der Waals surface area contributed by atoms with Crippen LogP contribution in [-0.4, -0.2) is 53.6 Å². The third kappa shape index (κ3) is 4.51. The van der Waals surface area contributed by atoms with Crippen molar-refractivity contribution in [3.63, 3.8) is 0 Å². The van der Waals surface area contributed by atoms with Gasteiger partial charge < -0.3 is 10.0 Å². The molecule has 2 saturated heterocycles. The van der Waals surface area contributed by atoms with Crippen molar-refractivity contribution in [1.29, 1.82) is 0 Å². The largest absolute Gasteiger partial charge is 0.396 e. The number of likely N-dealkylation sites (tertiary alicyclic amines) is 2. The Labute approximate surface area is 171 Å². The van der Waals surface area contributed by atoms with E-state index in [0.717, 1.165) is 51.1 Å². The second-order valence-electron chi connectivity index (χ2n) is 8.58. The molecule has 0 saturated carbocycles. The van der Waals surface area contributed by atoms with E-state index in [1.807, 2.05) is 11.0 Å². The van der Waals surface area contributed by atoms with Crippen LogP contribution in [0.1, 0.15) is 24.0 Å². The summed E-state index contributed by atoms with van der Waals surface area (Å²) in [5.74, 6) is 0.0872. The average molecular weight is 397 g/mol. The normalized spacial score (nSPS) is 21.6. The van der Waals surface area contributed by atoms with Crippen molar-refractivity contribution in [2.75, 3.05) is 32.8 Å². The topological polar surface area (TPSA) is 43.8 Å². The Kier molecular flexibility index (Phi) is 5.97. The smallest absolute Gasteiger partial charge is 0.226 e. The SMILES string of the molecule is O=C(Cc1ccc(F)cc1)N1CCC2(CC1)CN(Cc1ccccc1)CC2CO. The molecule has 2 heterocycles. The molecule has 1 spiro atoms. The minimum Gasteiger partial charge on any atom is -0.396 e. The quantitative estimate of drug-likeness (QED) is 0.845. The molecule has 29 heavy (non-hydrogen) atoms. The van der Waals surface area contributed by atoms with Gasteiger partial charge in [0.05, 0.1) is 6.42 Å². The van der Waals surface area contributed by atoms with Crippen molar-refractivity contribution < 1.29 is 14.3 Å². The fourth-order valence-corrected chi connectivity index (χ4v) is 5.01. The highest BCUT2D eigenvalue weighted by molar-refractivity contribution is 5.78. The summed E-state index contributed by atoms with van der Waals surface area (Å²) < 4.78 is 13.1. The molecule has 2 aromatic carbocycles. The van der Waals surface area contributed by atoms with E-state index in [9.17, 15) is 14.3 Å². The van der Waals surface area contributed by atoms with E-state index >= 15 is 0 Å². The summed E-state index contributed by atoms with van der Waals surface area (Å²) in [4.78, 5) is 17.1. The number of halogens is 1. The molecular formula is C24H29FN2O2. The van der Waals surface area contributed by atoms with Crippen LogP contribution < -0.4 is 0 Å². The van der Waals surface area contributed by atoms with Gasteiger partial charge in [-0.25, -0.2) is 4.39 Å². The van der Waals surface area contributed by atoms with Crippen molar-refractivity contribution in [3.05, 3.63) is 71.5 Å². The number of rotatable bonds is 5. The van der Waals surface area contributed by atoms with Gasteiger partial charge in [0.25, 0.3) is 0 Å². The van der Waals surface area contributed by atoms with Gasteiger partial charge in [0.1, 0.15) is 5.82 Å². The lowest BCUT2D eigenvalue weighted by Crippen LogP contribution is -2.47. The molecule has 154 valence electrons. The number of hydrogen-bond donors (Lipinski definition) is 1. The van der Waals surface area contributed by atoms with Gasteiger partial charge in [-0.3, -0.25) is 9.69 Å². The number of aliphatic hydroxyl groups excluding tert-OH is 1. The second kappa shape index (κ2) is 8.64. The van der Waals surface area contributed by atoms with Crippen LogP contribution in [0, 0.1) is 17.2 Å². The molecular weight excluding hydrogens is 367 g/mol. The summed E-state index contributed by atoms with van der Waals surface area (Å²) in [6.45, 7) is 4.47. The highest BCUT2D eigenvalue weighted by Crippen LogP contribution is 2.45. The Morgan fingerprint density at radius 3 is 2.38 bits per heavy atom. The molecule has 0 aliphatic carbocycles. The number of amides is 1. The van der Waals surface area contributed by atoms with Gasteiger partial charge in [-0.15, -0.1) is 0 Å². The lowest BCUT2D eigenvalue weighted by molar-refractivity contribution is -0.133. The Balaban J connectivity index is 1.35. The van der Waals surface area contributed by atoms with Gasteiger partial charge in [-0.05, 0) is 41.5 Å². The number of nitrogens with zero attached hydrogens (tertiary/aromatic N) is 2. The number of carbonyl (C=O) groups is 1. The van der Waals surface area contributed by atoms with Crippen LogP contribution in [-0.2, 0) is 17.8 Å². The van der Waals surface area contributed by atoms with Crippen LogP contribution in [0.5, 0.6) is 0 Å². The van der Waals surface area contributed by atoms with Gasteiger partial charge in [0.15, 0.2) is 0 Å². The molecule has 1 atom stereocenters. The van der Waals surface area contributed by atoms with Crippen LogP contribution in [0.3, 0.4) is 0 Å². The van der Waals surface area contributed by atoms with E-state index in [0.29, 0.717) is 6.42 Å². The number of hydrogen-bond acceptors (Lipinski definition) is 3. The first-order valence-corrected chi connectivity index (χ1v) is 10.5. The van der Waals surface area contributed by atoms with E-state index < -0.39 is 0 Å².